The number of carbonyl (C=O) groups excluding carboxylic acids is 3. The maximum absolute atomic E-state index is 15.9. The second kappa shape index (κ2) is 10.2. The van der Waals surface area contributed by atoms with Gasteiger partial charge in [0, 0.05) is 34.1 Å². The smallest absolute Gasteiger partial charge is 0.238 e. The highest BCUT2D eigenvalue weighted by Crippen LogP contribution is 2.62. The molecule has 4 aliphatic rings. The van der Waals surface area contributed by atoms with Gasteiger partial charge in [-0.15, -0.1) is 0 Å². The Morgan fingerprint density at radius 1 is 1.05 bits per heavy atom. The summed E-state index contributed by atoms with van der Waals surface area (Å²) in [6.07, 6.45) is 8.01. The van der Waals surface area contributed by atoms with Crippen molar-refractivity contribution in [2.75, 3.05) is 5.32 Å². The van der Waals surface area contributed by atoms with Crippen LogP contribution < -0.4 is 16.0 Å². The van der Waals surface area contributed by atoms with E-state index in [0.29, 0.717) is 36.4 Å². The highest BCUT2D eigenvalue weighted by Gasteiger charge is 2.72. The van der Waals surface area contributed by atoms with Crippen LogP contribution in [0.3, 0.4) is 0 Å². The molecule has 2 aromatic rings. The number of amides is 2. The fourth-order valence-electron chi connectivity index (χ4n) is 7.91. The zero-order valence-corrected chi connectivity index (χ0v) is 23.1. The molecule has 3 N–H and O–H groups in total. The van der Waals surface area contributed by atoms with Gasteiger partial charge in [0.05, 0.1) is 11.1 Å². The quantitative estimate of drug-likeness (QED) is 0.413. The first-order chi connectivity index (χ1) is 18.8. The molecule has 1 saturated heterocycles. The van der Waals surface area contributed by atoms with Crippen molar-refractivity contribution in [3.63, 3.8) is 0 Å². The maximum Gasteiger partial charge on any atom is 0.238 e. The van der Waals surface area contributed by atoms with Crippen molar-refractivity contribution in [3.8, 4) is 0 Å². The Balaban J connectivity index is 1.51. The molecule has 206 valence electrons. The largest absolute Gasteiger partial charge is 0.352 e. The van der Waals surface area contributed by atoms with Gasteiger partial charge in [-0.25, -0.2) is 4.39 Å². The van der Waals surface area contributed by atoms with Gasteiger partial charge in [-0.2, -0.15) is 0 Å². The minimum absolute atomic E-state index is 0.0235. The predicted molar refractivity (Wildman–Crippen MR) is 149 cm³/mol. The Morgan fingerprint density at radius 2 is 1.79 bits per heavy atom. The summed E-state index contributed by atoms with van der Waals surface area (Å²) in [7, 11) is 0. The van der Waals surface area contributed by atoms with Gasteiger partial charge in [0.2, 0.25) is 11.8 Å². The Kier molecular flexibility index (Phi) is 6.97. The van der Waals surface area contributed by atoms with Crippen LogP contribution in [0, 0.1) is 11.7 Å². The maximum atomic E-state index is 15.9. The summed E-state index contributed by atoms with van der Waals surface area (Å²) < 4.78 is 15.9. The molecule has 3 atom stereocenters. The molecule has 0 aromatic heterocycles. The molecule has 2 aliphatic carbocycles. The van der Waals surface area contributed by atoms with E-state index < -0.39 is 28.7 Å². The topological polar surface area (TPSA) is 87.3 Å². The summed E-state index contributed by atoms with van der Waals surface area (Å²) in [4.78, 5) is 39.7. The lowest BCUT2D eigenvalue weighted by Crippen LogP contribution is -2.60. The second-order valence-electron chi connectivity index (χ2n) is 11.6. The SMILES string of the molecule is O=C[C@H]1CC[C@H](NC(=O)[C@@H]2NC3(CCCCC3)[C@@]3(C(=O)Nc4cc(Cl)ccc43)[C@H]2c2cccc(Cl)c2F)CC1. The van der Waals surface area contributed by atoms with Crippen LogP contribution in [0.15, 0.2) is 36.4 Å². The zero-order chi connectivity index (χ0) is 27.4. The highest BCUT2D eigenvalue weighted by atomic mass is 35.5. The number of rotatable bonds is 4. The lowest BCUT2D eigenvalue weighted by Gasteiger charge is -2.47. The number of benzene rings is 2. The second-order valence-corrected chi connectivity index (χ2v) is 12.4. The van der Waals surface area contributed by atoms with Crippen molar-refractivity contribution in [1.29, 1.82) is 0 Å². The van der Waals surface area contributed by atoms with Crippen LogP contribution >= 0.6 is 23.2 Å². The molecule has 2 spiro atoms. The van der Waals surface area contributed by atoms with Crippen LogP contribution in [0.5, 0.6) is 0 Å². The standard InChI is InChI=1S/C30H32Cl2FN3O3/c31-18-9-12-21-23(15-18)35-28(39)30(21)24(20-5-4-6-22(32)25(20)33)26(36-29(30)13-2-1-3-14-29)27(38)34-19-10-7-17(16-37)8-11-19/h4-6,9,12,15-17,19,24,26,36H,1-3,7-8,10-11,13-14H2,(H,34,38)(H,35,39)/t17-,19-,24-,26+,30+/m0/s1. The lowest BCUT2D eigenvalue weighted by molar-refractivity contribution is -0.124. The van der Waals surface area contributed by atoms with Crippen LogP contribution in [-0.2, 0) is 19.8 Å². The molecule has 2 heterocycles. The summed E-state index contributed by atoms with van der Waals surface area (Å²) in [5, 5.41) is 10.3. The molecule has 39 heavy (non-hydrogen) atoms. The average Bonchev–Trinajstić information content (AvgIpc) is 3.38. The molecule has 0 radical (unpaired) electrons. The van der Waals surface area contributed by atoms with Gasteiger partial charge in [-0.3, -0.25) is 14.9 Å². The zero-order valence-electron chi connectivity index (χ0n) is 21.6. The Hall–Kier alpha value is -2.48. The molecular weight excluding hydrogens is 540 g/mol. The molecule has 6 rings (SSSR count). The normalized spacial score (nSPS) is 31.2. The monoisotopic (exact) mass is 571 g/mol. The number of anilines is 1. The van der Waals surface area contributed by atoms with Gasteiger partial charge < -0.3 is 15.4 Å². The molecule has 0 bridgehead atoms. The first-order valence-electron chi connectivity index (χ1n) is 13.9. The molecule has 0 unspecified atom stereocenters. The molecule has 2 aromatic carbocycles. The Morgan fingerprint density at radius 3 is 2.51 bits per heavy atom. The van der Waals surface area contributed by atoms with Crippen LogP contribution in [-0.4, -0.2) is 35.7 Å². The number of carbonyl (C=O) groups is 3. The van der Waals surface area contributed by atoms with Crippen molar-refractivity contribution >= 4 is 47.0 Å². The minimum Gasteiger partial charge on any atom is -0.352 e. The number of hydrogen-bond acceptors (Lipinski definition) is 4. The third kappa shape index (κ3) is 4.11. The first-order valence-corrected chi connectivity index (χ1v) is 14.6. The van der Waals surface area contributed by atoms with Gasteiger partial charge in [-0.05, 0) is 67.9 Å². The first kappa shape index (κ1) is 26.7. The summed E-state index contributed by atoms with van der Waals surface area (Å²) in [6, 6.07) is 9.18. The third-order valence-electron chi connectivity index (χ3n) is 9.62. The third-order valence-corrected chi connectivity index (χ3v) is 10.1. The van der Waals surface area contributed by atoms with E-state index in [0.717, 1.165) is 44.0 Å². The number of halogens is 3. The molecular formula is C30H32Cl2FN3O3. The van der Waals surface area contributed by atoms with E-state index in [4.69, 9.17) is 23.2 Å². The van der Waals surface area contributed by atoms with E-state index >= 15 is 4.39 Å². The van der Waals surface area contributed by atoms with Crippen LogP contribution in [0.2, 0.25) is 10.0 Å². The fourth-order valence-corrected chi connectivity index (χ4v) is 8.26. The van der Waals surface area contributed by atoms with E-state index in [1.54, 1.807) is 24.3 Å². The highest BCUT2D eigenvalue weighted by molar-refractivity contribution is 6.31. The number of hydrogen-bond donors (Lipinski definition) is 3. The van der Waals surface area contributed by atoms with Gasteiger partial charge in [0.15, 0.2) is 0 Å². The van der Waals surface area contributed by atoms with Crippen molar-refractivity contribution in [2.45, 2.75) is 86.7 Å². The molecule has 9 heteroatoms. The van der Waals surface area contributed by atoms with Crippen molar-refractivity contribution < 1.29 is 18.8 Å². The number of nitrogens with one attached hydrogen (secondary N) is 3. The van der Waals surface area contributed by atoms with Gasteiger partial charge in [0.1, 0.15) is 17.5 Å². The Bertz CT molecular complexity index is 1320. The van der Waals surface area contributed by atoms with Gasteiger partial charge >= 0.3 is 0 Å². The van der Waals surface area contributed by atoms with Crippen molar-refractivity contribution in [1.82, 2.24) is 10.6 Å². The van der Waals surface area contributed by atoms with Crippen molar-refractivity contribution in [2.24, 2.45) is 5.92 Å². The molecule has 2 amide bonds. The summed E-state index contributed by atoms with van der Waals surface area (Å²) >= 11 is 12.6. The molecule has 2 aliphatic heterocycles. The van der Waals surface area contributed by atoms with Crippen molar-refractivity contribution in [3.05, 3.63) is 63.4 Å². The predicted octanol–water partition coefficient (Wildman–Crippen LogP) is 5.65. The van der Waals surface area contributed by atoms with E-state index in [9.17, 15) is 14.4 Å². The summed E-state index contributed by atoms with van der Waals surface area (Å²) in [5.41, 5.74) is -0.418. The van der Waals surface area contributed by atoms with Crippen LogP contribution in [0.4, 0.5) is 10.1 Å². The molecule has 2 saturated carbocycles. The summed E-state index contributed by atoms with van der Waals surface area (Å²) in [6.45, 7) is 0. The van der Waals surface area contributed by atoms with Gasteiger partial charge in [-0.1, -0.05) is 60.7 Å². The average molecular weight is 573 g/mol. The fraction of sp³-hybridized carbons (Fsp3) is 0.500. The minimum atomic E-state index is -1.24. The lowest BCUT2D eigenvalue weighted by atomic mass is 9.55. The summed E-state index contributed by atoms with van der Waals surface area (Å²) in [5.74, 6) is -1.94. The molecule has 3 fully saturated rings. The van der Waals surface area contributed by atoms with E-state index in [1.165, 1.54) is 6.07 Å². The Labute approximate surface area is 237 Å². The van der Waals surface area contributed by atoms with Crippen LogP contribution in [0.1, 0.15) is 74.8 Å². The number of fused-ring (bicyclic) bond motifs is 3. The molecule has 6 nitrogen and oxygen atoms in total. The van der Waals surface area contributed by atoms with E-state index in [2.05, 4.69) is 16.0 Å². The van der Waals surface area contributed by atoms with E-state index in [-0.39, 0.29) is 34.4 Å². The van der Waals surface area contributed by atoms with Gasteiger partial charge in [0.25, 0.3) is 0 Å². The number of aldehydes is 1. The van der Waals surface area contributed by atoms with E-state index in [1.807, 2.05) is 6.07 Å². The van der Waals surface area contributed by atoms with Crippen LogP contribution in [0.25, 0.3) is 0 Å².